The Bertz CT molecular complexity index is 355. The highest BCUT2D eigenvalue weighted by Crippen LogP contribution is 2.22. The summed E-state index contributed by atoms with van der Waals surface area (Å²) >= 11 is 3.49. The van der Waals surface area contributed by atoms with Gasteiger partial charge in [-0.3, -0.25) is 4.79 Å². The van der Waals surface area contributed by atoms with E-state index in [2.05, 4.69) is 34.2 Å². The maximum atomic E-state index is 10.3. The van der Waals surface area contributed by atoms with Gasteiger partial charge in [0.15, 0.2) is 0 Å². The van der Waals surface area contributed by atoms with Gasteiger partial charge in [0, 0.05) is 16.9 Å². The zero-order valence-corrected chi connectivity index (χ0v) is 10.8. The molecule has 1 unspecified atom stereocenters. The molecule has 0 aromatic heterocycles. The van der Waals surface area contributed by atoms with Gasteiger partial charge in [0.1, 0.15) is 0 Å². The fraction of sp³-hybridized carbons (Fsp3) is 0.417. The molecule has 0 saturated carbocycles. The number of aliphatic carboxylic acids is 1. The smallest absolute Gasteiger partial charge is 0.303 e. The molecule has 0 amide bonds. The first-order valence-corrected chi connectivity index (χ1v) is 6.10. The van der Waals surface area contributed by atoms with Crippen LogP contribution in [0, 0.1) is 0 Å². The largest absolute Gasteiger partial charge is 0.481 e. The first-order chi connectivity index (χ1) is 7.61. The molecule has 88 valence electrons. The lowest BCUT2D eigenvalue weighted by atomic mass is 10.1. The van der Waals surface area contributed by atoms with Crippen LogP contribution in [-0.4, -0.2) is 17.6 Å². The van der Waals surface area contributed by atoms with E-state index in [0.717, 1.165) is 11.0 Å². The van der Waals surface area contributed by atoms with E-state index in [1.165, 1.54) is 5.56 Å². The van der Waals surface area contributed by atoms with Gasteiger partial charge in [-0.15, -0.1) is 0 Å². The first-order valence-electron chi connectivity index (χ1n) is 5.31. The van der Waals surface area contributed by atoms with E-state index >= 15 is 0 Å². The summed E-state index contributed by atoms with van der Waals surface area (Å²) in [5, 5.41) is 11.8. The highest BCUT2D eigenvalue weighted by Gasteiger charge is 2.07. The molecule has 0 aliphatic carbocycles. The van der Waals surface area contributed by atoms with E-state index < -0.39 is 5.97 Å². The average Bonchev–Trinajstić information content (AvgIpc) is 2.24. The van der Waals surface area contributed by atoms with Crippen molar-refractivity contribution in [3.05, 3.63) is 34.3 Å². The predicted octanol–water partition coefficient (Wildman–Crippen LogP) is 2.96. The van der Waals surface area contributed by atoms with Crippen molar-refractivity contribution in [2.24, 2.45) is 0 Å². The normalized spacial score (nSPS) is 12.4. The van der Waals surface area contributed by atoms with Crippen LogP contribution in [0.1, 0.15) is 31.4 Å². The van der Waals surface area contributed by atoms with Crippen molar-refractivity contribution in [2.45, 2.75) is 25.8 Å². The molecule has 1 rings (SSSR count). The fourth-order valence-corrected chi connectivity index (χ4v) is 2.12. The van der Waals surface area contributed by atoms with Crippen LogP contribution in [0.15, 0.2) is 28.7 Å². The Labute approximate surface area is 104 Å². The molecule has 0 spiro atoms. The Morgan fingerprint density at radius 3 is 2.81 bits per heavy atom. The van der Waals surface area contributed by atoms with Crippen LogP contribution in [0.3, 0.4) is 0 Å². The third-order valence-electron chi connectivity index (χ3n) is 2.39. The summed E-state index contributed by atoms with van der Waals surface area (Å²) in [6.45, 7) is 2.79. The number of carboxylic acid groups (broad SMARTS) is 1. The Kier molecular flexibility index (Phi) is 5.49. The quantitative estimate of drug-likeness (QED) is 0.790. The van der Waals surface area contributed by atoms with E-state index in [4.69, 9.17) is 5.11 Å². The van der Waals surface area contributed by atoms with Crippen LogP contribution in [0.25, 0.3) is 0 Å². The maximum Gasteiger partial charge on any atom is 0.303 e. The Balaban J connectivity index is 2.38. The first kappa shape index (κ1) is 13.2. The Hall–Kier alpha value is -0.870. The molecule has 0 radical (unpaired) electrons. The number of carboxylic acids is 1. The number of halogens is 1. The van der Waals surface area contributed by atoms with E-state index in [-0.39, 0.29) is 12.5 Å². The monoisotopic (exact) mass is 285 g/mol. The van der Waals surface area contributed by atoms with Crippen molar-refractivity contribution in [3.63, 3.8) is 0 Å². The van der Waals surface area contributed by atoms with Crippen molar-refractivity contribution >= 4 is 21.9 Å². The van der Waals surface area contributed by atoms with Gasteiger partial charge >= 0.3 is 5.97 Å². The van der Waals surface area contributed by atoms with Crippen molar-refractivity contribution in [1.82, 2.24) is 5.32 Å². The molecule has 1 atom stereocenters. The summed E-state index contributed by atoms with van der Waals surface area (Å²) < 4.78 is 1.08. The Morgan fingerprint density at radius 2 is 2.19 bits per heavy atom. The molecule has 0 bridgehead atoms. The van der Waals surface area contributed by atoms with Crippen LogP contribution in [0.5, 0.6) is 0 Å². The number of nitrogens with one attached hydrogen (secondary N) is 1. The van der Waals surface area contributed by atoms with E-state index in [0.29, 0.717) is 6.42 Å². The molecule has 2 N–H and O–H groups in total. The fourth-order valence-electron chi connectivity index (χ4n) is 1.49. The second kappa shape index (κ2) is 6.66. The van der Waals surface area contributed by atoms with Crippen LogP contribution >= 0.6 is 15.9 Å². The van der Waals surface area contributed by atoms with Gasteiger partial charge < -0.3 is 10.4 Å². The topological polar surface area (TPSA) is 49.3 Å². The standard InChI is InChI=1S/C12H16BrNO2/c1-9(14-8-4-7-12(15)16)10-5-2-3-6-11(10)13/h2-3,5-6,9,14H,4,7-8H2,1H3,(H,15,16). The molecule has 4 heteroatoms. The lowest BCUT2D eigenvalue weighted by Crippen LogP contribution is -2.20. The molecular formula is C12H16BrNO2. The van der Waals surface area contributed by atoms with Crippen molar-refractivity contribution < 1.29 is 9.90 Å². The highest BCUT2D eigenvalue weighted by molar-refractivity contribution is 9.10. The second-order valence-corrected chi connectivity index (χ2v) is 4.55. The minimum absolute atomic E-state index is 0.218. The number of hydrogen-bond acceptors (Lipinski definition) is 2. The van der Waals surface area contributed by atoms with E-state index in [1.807, 2.05) is 18.2 Å². The minimum Gasteiger partial charge on any atom is -0.481 e. The maximum absolute atomic E-state index is 10.3. The minimum atomic E-state index is -0.740. The van der Waals surface area contributed by atoms with E-state index in [9.17, 15) is 4.79 Å². The summed E-state index contributed by atoms with van der Waals surface area (Å²) in [4.78, 5) is 10.3. The third-order valence-corrected chi connectivity index (χ3v) is 3.11. The molecule has 0 aliphatic rings. The number of carbonyl (C=O) groups is 1. The lowest BCUT2D eigenvalue weighted by Gasteiger charge is -2.15. The van der Waals surface area contributed by atoms with Gasteiger partial charge in [-0.25, -0.2) is 0 Å². The third kappa shape index (κ3) is 4.33. The SMILES string of the molecule is CC(NCCCC(=O)O)c1ccccc1Br. The summed E-state index contributed by atoms with van der Waals surface area (Å²) in [5.74, 6) is -0.740. The van der Waals surface area contributed by atoms with E-state index in [1.54, 1.807) is 0 Å². The molecule has 0 saturated heterocycles. The number of benzene rings is 1. The molecule has 3 nitrogen and oxygen atoms in total. The molecule has 0 heterocycles. The van der Waals surface area contributed by atoms with Crippen molar-refractivity contribution in [3.8, 4) is 0 Å². The zero-order valence-electron chi connectivity index (χ0n) is 9.24. The van der Waals surface area contributed by atoms with Gasteiger partial charge in [-0.2, -0.15) is 0 Å². The van der Waals surface area contributed by atoms with Gasteiger partial charge in [-0.05, 0) is 31.5 Å². The van der Waals surface area contributed by atoms with Crippen LogP contribution in [0.2, 0.25) is 0 Å². The van der Waals surface area contributed by atoms with Crippen LogP contribution in [-0.2, 0) is 4.79 Å². The van der Waals surface area contributed by atoms with Crippen molar-refractivity contribution in [2.75, 3.05) is 6.54 Å². The summed E-state index contributed by atoms with van der Waals surface area (Å²) in [5.41, 5.74) is 1.19. The Morgan fingerprint density at radius 1 is 1.50 bits per heavy atom. The summed E-state index contributed by atoms with van der Waals surface area (Å²) in [7, 11) is 0. The zero-order chi connectivity index (χ0) is 12.0. The second-order valence-electron chi connectivity index (χ2n) is 3.69. The van der Waals surface area contributed by atoms with Gasteiger partial charge in [-0.1, -0.05) is 34.1 Å². The van der Waals surface area contributed by atoms with Gasteiger partial charge in [0.2, 0.25) is 0 Å². The van der Waals surface area contributed by atoms with Crippen LogP contribution < -0.4 is 5.32 Å². The summed E-state index contributed by atoms with van der Waals surface area (Å²) in [6.07, 6.45) is 0.875. The number of hydrogen-bond donors (Lipinski definition) is 2. The molecule has 0 aliphatic heterocycles. The highest BCUT2D eigenvalue weighted by atomic mass is 79.9. The molecule has 16 heavy (non-hydrogen) atoms. The van der Waals surface area contributed by atoms with Crippen molar-refractivity contribution in [1.29, 1.82) is 0 Å². The molecule has 1 aromatic rings. The average molecular weight is 286 g/mol. The lowest BCUT2D eigenvalue weighted by molar-refractivity contribution is -0.137. The van der Waals surface area contributed by atoms with Gasteiger partial charge in [0.05, 0.1) is 0 Å². The summed E-state index contributed by atoms with van der Waals surface area (Å²) in [6, 6.07) is 8.26. The molecule has 1 aromatic carbocycles. The van der Waals surface area contributed by atoms with Crippen LogP contribution in [0.4, 0.5) is 0 Å². The molecular weight excluding hydrogens is 270 g/mol. The number of rotatable bonds is 6. The molecule has 0 fully saturated rings. The van der Waals surface area contributed by atoms with Gasteiger partial charge in [0.25, 0.3) is 0 Å². The predicted molar refractivity (Wildman–Crippen MR) is 67.4 cm³/mol.